The number of carbonyl (C=O) groups excluding carboxylic acids is 1. The van der Waals surface area contributed by atoms with Crippen molar-refractivity contribution in [3.05, 3.63) is 76.8 Å². The Morgan fingerprint density at radius 3 is 2.73 bits per heavy atom. The molecule has 0 radical (unpaired) electrons. The summed E-state index contributed by atoms with van der Waals surface area (Å²) in [6, 6.07) is 12.9. The molecule has 4 rings (SSSR count). The van der Waals surface area contributed by atoms with Gasteiger partial charge in [-0.2, -0.15) is 0 Å². The van der Waals surface area contributed by atoms with Crippen LogP contribution in [-0.4, -0.2) is 23.2 Å². The van der Waals surface area contributed by atoms with E-state index in [1.165, 1.54) is 19.4 Å². The lowest BCUT2D eigenvalue weighted by Gasteiger charge is -2.11. The Hall–Kier alpha value is -4.09. The first-order valence-electron chi connectivity index (χ1n) is 8.63. The van der Waals surface area contributed by atoms with Gasteiger partial charge in [-0.25, -0.2) is 4.85 Å². The van der Waals surface area contributed by atoms with Crippen molar-refractivity contribution in [3.63, 3.8) is 0 Å². The highest BCUT2D eigenvalue weighted by Crippen LogP contribution is 2.33. The molecule has 4 aromatic rings. The van der Waals surface area contributed by atoms with Gasteiger partial charge in [-0.3, -0.25) is 4.79 Å². The number of furan rings is 1. The molecule has 0 bridgehead atoms. The van der Waals surface area contributed by atoms with E-state index >= 15 is 0 Å². The molecule has 0 unspecified atom stereocenters. The number of hydrogen-bond donors (Lipinski definition) is 1. The van der Waals surface area contributed by atoms with Gasteiger partial charge >= 0.3 is 0 Å². The predicted molar refractivity (Wildman–Crippen MR) is 110 cm³/mol. The first kappa shape index (κ1) is 19.2. The molecule has 0 saturated carbocycles. The van der Waals surface area contributed by atoms with Crippen LogP contribution in [0.2, 0.25) is 5.02 Å². The van der Waals surface area contributed by atoms with Gasteiger partial charge in [0.1, 0.15) is 5.75 Å². The Morgan fingerprint density at radius 2 is 2.00 bits per heavy atom. The summed E-state index contributed by atoms with van der Waals surface area (Å²) in [5.74, 6) is 0.760. The molecular weight excluding hydrogens is 408 g/mol. The number of anilines is 1. The molecule has 0 saturated heterocycles. The van der Waals surface area contributed by atoms with E-state index in [1.54, 1.807) is 42.5 Å². The highest BCUT2D eigenvalue weighted by molar-refractivity contribution is 6.31. The molecule has 2 heterocycles. The Bertz CT molecular complexity index is 1260. The number of rotatable bonds is 5. The van der Waals surface area contributed by atoms with Crippen LogP contribution < -0.4 is 10.1 Å². The summed E-state index contributed by atoms with van der Waals surface area (Å²) in [5, 5.41) is 11.1. The maximum absolute atomic E-state index is 12.8. The van der Waals surface area contributed by atoms with Gasteiger partial charge in [0.25, 0.3) is 11.8 Å². The van der Waals surface area contributed by atoms with E-state index in [1.807, 2.05) is 0 Å². The van der Waals surface area contributed by atoms with Gasteiger partial charge in [-0.15, -0.1) is 10.2 Å². The first-order valence-corrected chi connectivity index (χ1v) is 9.01. The molecule has 148 valence electrons. The summed E-state index contributed by atoms with van der Waals surface area (Å²) >= 11 is 6.01. The molecule has 0 spiro atoms. The van der Waals surface area contributed by atoms with Crippen molar-refractivity contribution in [2.24, 2.45) is 0 Å². The molecule has 9 heteroatoms. The monoisotopic (exact) mass is 420 g/mol. The fraction of sp³-hybridized carbons (Fsp3) is 0.0476. The zero-order chi connectivity index (χ0) is 21.1. The van der Waals surface area contributed by atoms with Crippen LogP contribution in [0.3, 0.4) is 0 Å². The zero-order valence-corrected chi connectivity index (χ0v) is 16.3. The highest BCUT2D eigenvalue weighted by atomic mass is 35.5. The molecule has 1 amide bonds. The van der Waals surface area contributed by atoms with Crippen LogP contribution in [0.5, 0.6) is 5.75 Å². The van der Waals surface area contributed by atoms with E-state index in [2.05, 4.69) is 20.4 Å². The van der Waals surface area contributed by atoms with Crippen molar-refractivity contribution in [3.8, 4) is 28.9 Å². The minimum absolute atomic E-state index is 0.216. The van der Waals surface area contributed by atoms with Crippen LogP contribution in [0.15, 0.2) is 63.6 Å². The second kappa shape index (κ2) is 8.11. The molecule has 1 N–H and O–H groups in total. The lowest BCUT2D eigenvalue weighted by molar-refractivity contribution is 0.102. The molecule has 0 fully saturated rings. The summed E-state index contributed by atoms with van der Waals surface area (Å²) in [6.45, 7) is 7.38. The summed E-state index contributed by atoms with van der Waals surface area (Å²) in [4.78, 5) is 16.3. The van der Waals surface area contributed by atoms with Crippen LogP contribution in [0.4, 0.5) is 11.4 Å². The number of hydrogen-bond acceptors (Lipinski definition) is 6. The maximum Gasteiger partial charge on any atom is 0.283 e. The van der Waals surface area contributed by atoms with Gasteiger partial charge in [0, 0.05) is 16.3 Å². The van der Waals surface area contributed by atoms with Gasteiger partial charge in [-0.1, -0.05) is 23.7 Å². The van der Waals surface area contributed by atoms with Crippen molar-refractivity contribution >= 4 is 28.9 Å². The average Bonchev–Trinajstić information content (AvgIpc) is 3.45. The first-order chi connectivity index (χ1) is 14.6. The molecule has 0 aliphatic rings. The van der Waals surface area contributed by atoms with Crippen LogP contribution >= 0.6 is 11.6 Å². The number of ether oxygens (including phenoxy) is 1. The highest BCUT2D eigenvalue weighted by Gasteiger charge is 2.18. The average molecular weight is 421 g/mol. The van der Waals surface area contributed by atoms with Gasteiger partial charge in [0.05, 0.1) is 25.5 Å². The lowest BCUT2D eigenvalue weighted by atomic mass is 10.1. The normalized spacial score (nSPS) is 10.4. The van der Waals surface area contributed by atoms with E-state index < -0.39 is 5.91 Å². The minimum Gasteiger partial charge on any atom is -0.496 e. The number of nitrogens with zero attached hydrogens (tertiary/aromatic N) is 3. The van der Waals surface area contributed by atoms with E-state index in [0.29, 0.717) is 22.1 Å². The molecule has 0 aliphatic carbocycles. The molecule has 0 aliphatic heterocycles. The molecule has 30 heavy (non-hydrogen) atoms. The lowest BCUT2D eigenvalue weighted by Crippen LogP contribution is -2.13. The van der Waals surface area contributed by atoms with Crippen molar-refractivity contribution < 1.29 is 18.4 Å². The molecule has 8 nitrogen and oxygen atoms in total. The fourth-order valence-corrected chi connectivity index (χ4v) is 2.93. The van der Waals surface area contributed by atoms with Crippen molar-refractivity contribution in [1.82, 2.24) is 10.2 Å². The van der Waals surface area contributed by atoms with E-state index in [-0.39, 0.29) is 28.7 Å². The number of aromatic nitrogens is 2. The summed E-state index contributed by atoms with van der Waals surface area (Å²) in [6.07, 6.45) is 1.50. The standard InChI is InChI=1S/C21H13ClN4O4/c1-23-15-7-5-12(20-25-26-21(30-20)18-4-3-9-29-18)10-16(15)24-19(27)14-11-13(22)6-8-17(14)28-2/h3-11H,2H3,(H,24,27). The molecular formula is C21H13ClN4O4. The third kappa shape index (κ3) is 3.74. The van der Waals surface area contributed by atoms with Crippen LogP contribution in [0.25, 0.3) is 28.0 Å². The molecule has 2 aromatic heterocycles. The SMILES string of the molecule is [C-]#[N+]c1ccc(-c2nnc(-c3ccco3)o2)cc1NC(=O)c1cc(Cl)ccc1OC. The Morgan fingerprint density at radius 1 is 1.17 bits per heavy atom. The molecule has 0 atom stereocenters. The van der Waals surface area contributed by atoms with Gasteiger partial charge in [0.15, 0.2) is 5.76 Å². The summed E-state index contributed by atoms with van der Waals surface area (Å²) < 4.78 is 16.1. The zero-order valence-electron chi connectivity index (χ0n) is 15.5. The number of carbonyl (C=O) groups is 1. The van der Waals surface area contributed by atoms with Crippen molar-refractivity contribution in [1.29, 1.82) is 0 Å². The van der Waals surface area contributed by atoms with E-state index in [9.17, 15) is 4.79 Å². The Labute approximate surface area is 175 Å². The quantitative estimate of drug-likeness (QED) is 0.430. The smallest absolute Gasteiger partial charge is 0.283 e. The van der Waals surface area contributed by atoms with Crippen LogP contribution in [-0.2, 0) is 0 Å². The fourth-order valence-electron chi connectivity index (χ4n) is 2.75. The summed E-state index contributed by atoms with van der Waals surface area (Å²) in [5.41, 5.74) is 1.30. The van der Waals surface area contributed by atoms with Crippen LogP contribution in [0, 0.1) is 6.57 Å². The number of nitrogens with one attached hydrogen (secondary N) is 1. The van der Waals surface area contributed by atoms with Crippen molar-refractivity contribution in [2.75, 3.05) is 12.4 Å². The number of methoxy groups -OCH3 is 1. The van der Waals surface area contributed by atoms with Crippen molar-refractivity contribution in [2.45, 2.75) is 0 Å². The van der Waals surface area contributed by atoms with Crippen LogP contribution in [0.1, 0.15) is 10.4 Å². The number of benzene rings is 2. The van der Waals surface area contributed by atoms with Gasteiger partial charge in [0.2, 0.25) is 11.6 Å². The van der Waals surface area contributed by atoms with E-state index in [4.69, 9.17) is 31.7 Å². The second-order valence-electron chi connectivity index (χ2n) is 6.03. The Balaban J connectivity index is 1.67. The third-order valence-electron chi connectivity index (χ3n) is 4.18. The Kier molecular flexibility index (Phi) is 5.20. The third-order valence-corrected chi connectivity index (χ3v) is 4.41. The van der Waals surface area contributed by atoms with E-state index in [0.717, 1.165) is 0 Å². The van der Waals surface area contributed by atoms with Gasteiger partial charge in [-0.05, 0) is 36.4 Å². The number of amides is 1. The number of halogens is 1. The largest absolute Gasteiger partial charge is 0.496 e. The summed E-state index contributed by atoms with van der Waals surface area (Å²) in [7, 11) is 1.46. The second-order valence-corrected chi connectivity index (χ2v) is 6.47. The predicted octanol–water partition coefficient (Wildman–Crippen LogP) is 5.46. The maximum atomic E-state index is 12.8. The molecule has 2 aromatic carbocycles. The minimum atomic E-state index is -0.474. The topological polar surface area (TPSA) is 94.8 Å². The van der Waals surface area contributed by atoms with Gasteiger partial charge < -0.3 is 18.9 Å².